The van der Waals surface area contributed by atoms with Crippen LogP contribution in [0.3, 0.4) is 0 Å². The predicted molar refractivity (Wildman–Crippen MR) is 120 cm³/mol. The van der Waals surface area contributed by atoms with E-state index < -0.39 is 21.4 Å². The summed E-state index contributed by atoms with van der Waals surface area (Å²) >= 11 is 0. The number of rotatable bonds is 7. The second kappa shape index (κ2) is 9.40. The molecule has 0 bridgehead atoms. The lowest BCUT2D eigenvalue weighted by molar-refractivity contribution is 0.420. The molecule has 0 aliphatic heterocycles. The lowest BCUT2D eigenvalue weighted by Gasteiger charge is -2.19. The van der Waals surface area contributed by atoms with Gasteiger partial charge in [-0.05, 0) is 55.0 Å². The number of aryl methyl sites for hydroxylation is 1. The molecule has 0 fully saturated rings. The Labute approximate surface area is 177 Å². The van der Waals surface area contributed by atoms with Gasteiger partial charge in [-0.2, -0.15) is 0 Å². The van der Waals surface area contributed by atoms with Gasteiger partial charge in [-0.3, -0.25) is 0 Å². The molecule has 0 radical (unpaired) electrons. The molecule has 0 atom stereocenters. The highest BCUT2D eigenvalue weighted by molar-refractivity contribution is 6.62. The topological polar surface area (TPSA) is 99.4 Å². The van der Waals surface area contributed by atoms with E-state index in [1.165, 1.54) is 0 Å². The van der Waals surface area contributed by atoms with Crippen molar-refractivity contribution in [2.24, 2.45) is 0 Å². The molecule has 3 rings (SSSR count). The van der Waals surface area contributed by atoms with Crippen LogP contribution >= 0.6 is 0 Å². The molecular formula is C21H23B3O6. The van der Waals surface area contributed by atoms with Crippen LogP contribution in [0.1, 0.15) is 16.7 Å². The highest BCUT2D eigenvalue weighted by Gasteiger charge is 2.27. The van der Waals surface area contributed by atoms with Gasteiger partial charge in [0.05, 0.1) is 0 Å². The van der Waals surface area contributed by atoms with Crippen LogP contribution in [-0.2, 0) is 0 Å². The van der Waals surface area contributed by atoms with Gasteiger partial charge in [-0.15, -0.1) is 0 Å². The molecule has 0 aromatic heterocycles. The molecule has 3 aromatic carbocycles. The first-order valence-electron chi connectivity index (χ1n) is 9.59. The summed E-state index contributed by atoms with van der Waals surface area (Å²) in [7, 11) is -4.09. The summed E-state index contributed by atoms with van der Waals surface area (Å²) in [5.74, 6) is 0.751. The van der Waals surface area contributed by atoms with Gasteiger partial charge in [0.25, 0.3) is 0 Å². The Hall–Kier alpha value is -2.71. The summed E-state index contributed by atoms with van der Waals surface area (Å²) in [5.41, 5.74) is 3.48. The number of hydrogen-bond donors (Lipinski definition) is 4. The van der Waals surface area contributed by atoms with Gasteiger partial charge in [0, 0.05) is 5.46 Å². The molecule has 3 aromatic rings. The average Bonchev–Trinajstić information content (AvgIpc) is 2.71. The molecule has 30 heavy (non-hydrogen) atoms. The molecule has 0 unspecified atom stereocenters. The van der Waals surface area contributed by atoms with E-state index in [0.717, 1.165) is 5.56 Å². The summed E-state index contributed by atoms with van der Waals surface area (Å²) in [6.07, 6.45) is 0. The van der Waals surface area contributed by atoms with E-state index >= 15 is 0 Å². The normalized spacial score (nSPS) is 10.5. The molecular weight excluding hydrogens is 381 g/mol. The van der Waals surface area contributed by atoms with Crippen molar-refractivity contribution < 1.29 is 29.4 Å². The fourth-order valence-corrected chi connectivity index (χ4v) is 3.30. The van der Waals surface area contributed by atoms with Crippen molar-refractivity contribution in [3.63, 3.8) is 0 Å². The van der Waals surface area contributed by atoms with E-state index in [4.69, 9.17) is 9.31 Å². The summed E-state index contributed by atoms with van der Waals surface area (Å²) in [6, 6.07) is 17.4. The molecule has 0 saturated heterocycles. The quantitative estimate of drug-likeness (QED) is 0.409. The summed E-state index contributed by atoms with van der Waals surface area (Å²) in [4.78, 5) is 0. The minimum Gasteiger partial charge on any atom is -0.532 e. The van der Waals surface area contributed by atoms with Crippen LogP contribution in [0.15, 0.2) is 60.7 Å². The molecule has 0 heterocycles. The first-order chi connectivity index (χ1) is 14.3. The van der Waals surface area contributed by atoms with E-state index in [2.05, 4.69) is 0 Å². The van der Waals surface area contributed by atoms with Crippen molar-refractivity contribution in [3.8, 4) is 11.5 Å². The largest absolute Gasteiger partial charge is 0.560 e. The zero-order valence-corrected chi connectivity index (χ0v) is 17.1. The van der Waals surface area contributed by atoms with E-state index in [0.29, 0.717) is 39.0 Å². The lowest BCUT2D eigenvalue weighted by Crippen LogP contribution is -2.41. The van der Waals surface area contributed by atoms with Crippen LogP contribution in [0.2, 0.25) is 0 Å². The highest BCUT2D eigenvalue weighted by Crippen LogP contribution is 2.19. The Morgan fingerprint density at radius 1 is 0.567 bits per heavy atom. The Morgan fingerprint density at radius 3 is 1.60 bits per heavy atom. The van der Waals surface area contributed by atoms with Crippen LogP contribution in [0.4, 0.5) is 0 Å². The highest BCUT2D eigenvalue weighted by atomic mass is 16.5. The van der Waals surface area contributed by atoms with Gasteiger partial charge in [0.2, 0.25) is 0 Å². The smallest absolute Gasteiger partial charge is 0.532 e. The SMILES string of the molecule is Cc1ccccc1B(O)Oc1cccc(B(O)Oc2cccc(B(O)O)c2C)c1C. The second-order valence-corrected chi connectivity index (χ2v) is 7.11. The monoisotopic (exact) mass is 404 g/mol. The van der Waals surface area contributed by atoms with Gasteiger partial charge in [-0.25, -0.2) is 0 Å². The molecule has 152 valence electrons. The summed E-state index contributed by atoms with van der Waals surface area (Å²) < 4.78 is 11.4. The Kier molecular flexibility index (Phi) is 6.89. The van der Waals surface area contributed by atoms with Gasteiger partial charge >= 0.3 is 21.4 Å². The van der Waals surface area contributed by atoms with Crippen molar-refractivity contribution in [2.75, 3.05) is 0 Å². The fraction of sp³-hybridized carbons (Fsp3) is 0.143. The van der Waals surface area contributed by atoms with Crippen LogP contribution < -0.4 is 25.7 Å². The van der Waals surface area contributed by atoms with Gasteiger partial charge in [0.1, 0.15) is 11.5 Å². The summed E-state index contributed by atoms with van der Waals surface area (Å²) in [5, 5.41) is 40.1. The van der Waals surface area contributed by atoms with Gasteiger partial charge in [-0.1, -0.05) is 54.1 Å². The maximum absolute atomic E-state index is 10.7. The van der Waals surface area contributed by atoms with Crippen LogP contribution in [-0.4, -0.2) is 41.5 Å². The van der Waals surface area contributed by atoms with Crippen LogP contribution in [0, 0.1) is 20.8 Å². The minimum atomic E-state index is -1.63. The Morgan fingerprint density at radius 2 is 1.03 bits per heavy atom. The molecule has 4 N–H and O–H groups in total. The Balaban J connectivity index is 1.83. The van der Waals surface area contributed by atoms with Crippen molar-refractivity contribution in [2.45, 2.75) is 20.8 Å². The van der Waals surface area contributed by atoms with Gasteiger partial charge in [0.15, 0.2) is 0 Å². The molecule has 9 heteroatoms. The summed E-state index contributed by atoms with van der Waals surface area (Å²) in [6.45, 7) is 5.34. The first kappa shape index (κ1) is 22.0. The average molecular weight is 404 g/mol. The molecule has 0 amide bonds. The standard InChI is InChI=1S/C21H23B3O6/c1-14-8-4-5-9-17(14)23(27)29-21-13-7-11-19(16(21)3)24(28)30-20-12-6-10-18(15(20)2)22(25)26/h4-13,25-28H,1-3H3. The molecule has 0 saturated carbocycles. The number of hydrogen-bond acceptors (Lipinski definition) is 6. The van der Waals surface area contributed by atoms with Gasteiger partial charge < -0.3 is 29.4 Å². The van der Waals surface area contributed by atoms with E-state index in [9.17, 15) is 20.1 Å². The van der Waals surface area contributed by atoms with E-state index in [1.807, 2.05) is 25.1 Å². The molecule has 6 nitrogen and oxygen atoms in total. The third kappa shape index (κ3) is 4.71. The second-order valence-electron chi connectivity index (χ2n) is 7.11. The fourth-order valence-electron chi connectivity index (χ4n) is 3.30. The maximum atomic E-state index is 10.7. The third-order valence-corrected chi connectivity index (χ3v) is 5.13. The Bertz CT molecular complexity index is 1030. The van der Waals surface area contributed by atoms with Crippen molar-refractivity contribution in [1.82, 2.24) is 0 Å². The zero-order chi connectivity index (χ0) is 21.8. The maximum Gasteiger partial charge on any atom is 0.560 e. The third-order valence-electron chi connectivity index (χ3n) is 5.13. The van der Waals surface area contributed by atoms with Crippen molar-refractivity contribution in [3.05, 3.63) is 77.4 Å². The lowest BCUT2D eigenvalue weighted by atomic mass is 9.74. The van der Waals surface area contributed by atoms with Crippen molar-refractivity contribution >= 4 is 37.7 Å². The van der Waals surface area contributed by atoms with E-state index in [1.54, 1.807) is 56.3 Å². The predicted octanol–water partition coefficient (Wildman–Crippen LogP) is -0.175. The van der Waals surface area contributed by atoms with Crippen LogP contribution in [0.5, 0.6) is 11.5 Å². The molecule has 0 spiro atoms. The minimum absolute atomic E-state index is 0.301. The zero-order valence-electron chi connectivity index (χ0n) is 17.1. The molecule has 0 aliphatic carbocycles. The van der Waals surface area contributed by atoms with E-state index in [-0.39, 0.29) is 0 Å². The number of benzene rings is 3. The first-order valence-corrected chi connectivity index (χ1v) is 9.59. The molecule has 0 aliphatic rings. The van der Waals surface area contributed by atoms with Crippen molar-refractivity contribution in [1.29, 1.82) is 0 Å². The van der Waals surface area contributed by atoms with Crippen LogP contribution in [0.25, 0.3) is 0 Å².